The number of carbonyl (C=O) groups excluding carboxylic acids is 2. The molecule has 2 aromatic carbocycles. The summed E-state index contributed by atoms with van der Waals surface area (Å²) in [5, 5.41) is 2.47. The normalized spacial score (nSPS) is 14.7. The van der Waals surface area contributed by atoms with E-state index in [1.165, 1.54) is 41.7 Å². The molecule has 196 valence electrons. The van der Waals surface area contributed by atoms with E-state index in [1.807, 2.05) is 6.92 Å². The zero-order valence-corrected chi connectivity index (χ0v) is 21.6. The van der Waals surface area contributed by atoms with Crippen LogP contribution in [0.5, 0.6) is 5.75 Å². The molecule has 1 fully saturated rings. The van der Waals surface area contributed by atoms with Crippen LogP contribution in [0.1, 0.15) is 12.0 Å². The molecule has 1 N–H and O–H groups in total. The second-order valence-electron chi connectivity index (χ2n) is 7.97. The number of hydrogen-bond donors (Lipinski definition) is 1. The molecule has 0 radical (unpaired) electrons. The quantitative estimate of drug-likeness (QED) is 0.442. The number of anilines is 1. The third-order valence-corrected chi connectivity index (χ3v) is 9.00. The number of hydrogen-bond acceptors (Lipinski definition) is 9. The van der Waals surface area contributed by atoms with E-state index in [-0.39, 0.29) is 47.5 Å². The lowest BCUT2D eigenvalue weighted by Crippen LogP contribution is -2.40. The molecule has 0 spiro atoms. The van der Waals surface area contributed by atoms with Gasteiger partial charge in [-0.3, -0.25) is 9.59 Å². The number of nitrogens with zero attached hydrogens (tertiary/aromatic N) is 1. The molecule has 11 nitrogen and oxygen atoms in total. The fourth-order valence-electron chi connectivity index (χ4n) is 3.37. The van der Waals surface area contributed by atoms with Gasteiger partial charge >= 0.3 is 5.97 Å². The number of methoxy groups -OCH3 is 1. The van der Waals surface area contributed by atoms with E-state index < -0.39 is 50.5 Å². The van der Waals surface area contributed by atoms with E-state index >= 15 is 0 Å². The summed E-state index contributed by atoms with van der Waals surface area (Å²) in [6, 6.07) is 10.3. The van der Waals surface area contributed by atoms with Crippen molar-refractivity contribution in [1.82, 2.24) is 4.31 Å². The van der Waals surface area contributed by atoms with Crippen LogP contribution in [-0.2, 0) is 38.9 Å². The van der Waals surface area contributed by atoms with Crippen LogP contribution in [0.4, 0.5) is 5.69 Å². The summed E-state index contributed by atoms with van der Waals surface area (Å²) >= 11 is 0. The first kappa shape index (κ1) is 27.6. The van der Waals surface area contributed by atoms with Crippen molar-refractivity contribution >= 4 is 37.4 Å². The first-order valence-electron chi connectivity index (χ1n) is 11.0. The number of esters is 1. The van der Waals surface area contributed by atoms with Gasteiger partial charge in [0.2, 0.25) is 10.0 Å². The van der Waals surface area contributed by atoms with Gasteiger partial charge in [-0.05, 0) is 37.3 Å². The Balaban J connectivity index is 1.58. The predicted molar refractivity (Wildman–Crippen MR) is 130 cm³/mol. The van der Waals surface area contributed by atoms with Gasteiger partial charge in [0.05, 0.1) is 48.0 Å². The van der Waals surface area contributed by atoms with Gasteiger partial charge in [0.25, 0.3) is 5.91 Å². The molecule has 0 aliphatic carbocycles. The van der Waals surface area contributed by atoms with E-state index in [2.05, 4.69) is 5.32 Å². The van der Waals surface area contributed by atoms with Gasteiger partial charge in [0.15, 0.2) is 16.4 Å². The number of rotatable bonds is 10. The van der Waals surface area contributed by atoms with Crippen molar-refractivity contribution in [3.05, 3.63) is 48.0 Å². The number of amides is 1. The van der Waals surface area contributed by atoms with E-state index in [1.54, 1.807) is 12.1 Å². The minimum absolute atomic E-state index is 0.0428. The molecule has 0 atom stereocenters. The van der Waals surface area contributed by atoms with Crippen LogP contribution in [0.15, 0.2) is 52.3 Å². The van der Waals surface area contributed by atoms with Gasteiger partial charge in [-0.1, -0.05) is 17.7 Å². The summed E-state index contributed by atoms with van der Waals surface area (Å²) in [6.07, 6.45) is -0.430. The highest BCUT2D eigenvalue weighted by molar-refractivity contribution is 7.91. The zero-order chi connectivity index (χ0) is 26.3. The van der Waals surface area contributed by atoms with Crippen LogP contribution in [0.2, 0.25) is 0 Å². The third kappa shape index (κ3) is 7.03. The summed E-state index contributed by atoms with van der Waals surface area (Å²) in [4.78, 5) is 24.4. The minimum Gasteiger partial charge on any atom is -0.495 e. The van der Waals surface area contributed by atoms with Crippen molar-refractivity contribution in [3.63, 3.8) is 0 Å². The highest BCUT2D eigenvalue weighted by Gasteiger charge is 2.27. The van der Waals surface area contributed by atoms with Crippen molar-refractivity contribution in [3.8, 4) is 5.75 Å². The molecule has 1 saturated heterocycles. The number of nitrogens with one attached hydrogen (secondary N) is 1. The van der Waals surface area contributed by atoms with Gasteiger partial charge in [-0.25, -0.2) is 16.8 Å². The van der Waals surface area contributed by atoms with Crippen LogP contribution in [-0.4, -0.2) is 78.8 Å². The minimum atomic E-state index is -3.81. The van der Waals surface area contributed by atoms with Crippen molar-refractivity contribution in [2.24, 2.45) is 0 Å². The zero-order valence-electron chi connectivity index (χ0n) is 19.9. The summed E-state index contributed by atoms with van der Waals surface area (Å²) < 4.78 is 67.1. The molecule has 1 aliphatic rings. The Morgan fingerprint density at radius 2 is 1.64 bits per heavy atom. The van der Waals surface area contributed by atoms with E-state index in [0.717, 1.165) is 5.56 Å². The first-order chi connectivity index (χ1) is 17.0. The Labute approximate surface area is 210 Å². The molecule has 1 heterocycles. The smallest absolute Gasteiger partial charge is 0.307 e. The molecule has 0 saturated carbocycles. The molecule has 3 rings (SSSR count). The summed E-state index contributed by atoms with van der Waals surface area (Å²) in [6.45, 7) is 2.14. The average molecular weight is 541 g/mol. The molecular formula is C23H28N2O9S2. The second-order valence-corrected chi connectivity index (χ2v) is 12.0. The standard InChI is InChI=1S/C23H28N2O9S2/c1-17-3-5-18(6-4-17)35(28,29)14-9-23(27)34-16-22(26)24-20-15-19(7-8-21(20)32-2)36(30,31)25-10-12-33-13-11-25/h3-8,15H,9-14,16H2,1-2H3,(H,24,26). The number of sulfone groups is 1. The number of carbonyl (C=O) groups is 2. The maximum atomic E-state index is 12.9. The van der Waals surface area contributed by atoms with Crippen molar-refractivity contribution in [2.75, 3.05) is 51.1 Å². The van der Waals surface area contributed by atoms with Crippen LogP contribution in [0.25, 0.3) is 0 Å². The molecular weight excluding hydrogens is 512 g/mol. The highest BCUT2D eigenvalue weighted by atomic mass is 32.2. The second kappa shape index (κ2) is 11.8. The molecule has 1 aliphatic heterocycles. The van der Waals surface area contributed by atoms with Crippen LogP contribution in [0.3, 0.4) is 0 Å². The first-order valence-corrected chi connectivity index (χ1v) is 14.1. The Morgan fingerprint density at radius 1 is 1.00 bits per heavy atom. The van der Waals surface area contributed by atoms with Crippen LogP contribution in [0, 0.1) is 6.92 Å². The van der Waals surface area contributed by atoms with Crippen LogP contribution < -0.4 is 10.1 Å². The van der Waals surface area contributed by atoms with E-state index in [9.17, 15) is 26.4 Å². The van der Waals surface area contributed by atoms with Gasteiger partial charge in [-0.2, -0.15) is 4.31 Å². The van der Waals surface area contributed by atoms with Gasteiger partial charge in [0, 0.05) is 13.1 Å². The number of morpholine rings is 1. The van der Waals surface area contributed by atoms with E-state index in [4.69, 9.17) is 14.2 Å². The summed E-state index contributed by atoms with van der Waals surface area (Å²) in [5.74, 6) is -1.87. The Hall–Kier alpha value is -3.00. The van der Waals surface area contributed by atoms with Gasteiger partial charge < -0.3 is 19.5 Å². The Kier molecular flexibility index (Phi) is 9.06. The Bertz CT molecular complexity index is 1300. The number of benzene rings is 2. The van der Waals surface area contributed by atoms with Crippen LogP contribution >= 0.6 is 0 Å². The number of aryl methyl sites for hydroxylation is 1. The van der Waals surface area contributed by atoms with Crippen molar-refractivity contribution < 1.29 is 40.6 Å². The fraction of sp³-hybridized carbons (Fsp3) is 0.391. The lowest BCUT2D eigenvalue weighted by Gasteiger charge is -2.26. The maximum absolute atomic E-state index is 12.9. The molecule has 0 unspecified atom stereocenters. The maximum Gasteiger partial charge on any atom is 0.307 e. The molecule has 0 aromatic heterocycles. The fourth-order valence-corrected chi connectivity index (χ4v) is 6.02. The van der Waals surface area contributed by atoms with Crippen molar-refractivity contribution in [1.29, 1.82) is 0 Å². The molecule has 1 amide bonds. The third-order valence-electron chi connectivity index (χ3n) is 5.37. The average Bonchev–Trinajstić information content (AvgIpc) is 2.87. The molecule has 2 aromatic rings. The molecule has 36 heavy (non-hydrogen) atoms. The lowest BCUT2D eigenvalue weighted by molar-refractivity contribution is -0.146. The highest BCUT2D eigenvalue weighted by Crippen LogP contribution is 2.29. The van der Waals surface area contributed by atoms with Crippen molar-refractivity contribution in [2.45, 2.75) is 23.1 Å². The Morgan fingerprint density at radius 3 is 2.28 bits per heavy atom. The summed E-state index contributed by atoms with van der Waals surface area (Å²) in [5.41, 5.74) is 0.982. The lowest BCUT2D eigenvalue weighted by atomic mass is 10.2. The summed E-state index contributed by atoms with van der Waals surface area (Å²) in [7, 11) is -6.14. The van der Waals surface area contributed by atoms with Gasteiger partial charge in [-0.15, -0.1) is 0 Å². The topological polar surface area (TPSA) is 145 Å². The van der Waals surface area contributed by atoms with E-state index in [0.29, 0.717) is 0 Å². The molecule has 0 bridgehead atoms. The predicted octanol–water partition coefficient (Wildman–Crippen LogP) is 1.37. The number of ether oxygens (including phenoxy) is 3. The number of sulfonamides is 1. The molecule has 13 heteroatoms. The largest absolute Gasteiger partial charge is 0.495 e. The monoisotopic (exact) mass is 540 g/mol. The SMILES string of the molecule is COc1ccc(S(=O)(=O)N2CCOCC2)cc1NC(=O)COC(=O)CCS(=O)(=O)c1ccc(C)cc1. The van der Waals surface area contributed by atoms with Gasteiger partial charge in [0.1, 0.15) is 5.75 Å².